The first-order valence-corrected chi connectivity index (χ1v) is 7.35. The Morgan fingerprint density at radius 1 is 0.750 bits per heavy atom. The molecule has 0 fully saturated rings. The van der Waals surface area contributed by atoms with Gasteiger partial charge in [0, 0.05) is 5.56 Å². The van der Waals surface area contributed by atoms with Gasteiger partial charge in [0.15, 0.2) is 5.78 Å². The van der Waals surface area contributed by atoms with Crippen molar-refractivity contribution in [2.24, 2.45) is 0 Å². The molecule has 0 spiro atoms. The van der Waals surface area contributed by atoms with Gasteiger partial charge in [-0.25, -0.2) is 0 Å². The summed E-state index contributed by atoms with van der Waals surface area (Å²) in [5.74, 6) is -1.15. The van der Waals surface area contributed by atoms with Gasteiger partial charge in [-0.05, 0) is 17.7 Å². The van der Waals surface area contributed by atoms with Crippen LogP contribution in [-0.2, 0) is 9.59 Å². The van der Waals surface area contributed by atoms with Gasteiger partial charge in [0.05, 0.1) is 0 Å². The molecule has 0 saturated carbocycles. The molecule has 0 heterocycles. The number of ketones is 3. The van der Waals surface area contributed by atoms with Gasteiger partial charge < -0.3 is 5.11 Å². The zero-order valence-electron chi connectivity index (χ0n) is 12.8. The minimum atomic E-state index is -1.08. The van der Waals surface area contributed by atoms with Crippen LogP contribution in [0.15, 0.2) is 85.0 Å². The summed E-state index contributed by atoms with van der Waals surface area (Å²) in [6.07, 6.45) is 4.52. The highest BCUT2D eigenvalue weighted by Crippen LogP contribution is 2.17. The Labute approximate surface area is 139 Å². The van der Waals surface area contributed by atoms with Gasteiger partial charge in [0.1, 0.15) is 6.10 Å². The molecule has 1 aliphatic rings. The van der Waals surface area contributed by atoms with Crippen molar-refractivity contribution in [3.63, 3.8) is 0 Å². The number of aliphatic hydroxyl groups excluding tert-OH is 1. The average molecular weight is 320 g/mol. The lowest BCUT2D eigenvalue weighted by molar-refractivity contribution is -0.131. The number of allylic oxidation sites excluding steroid dienone is 4. The van der Waals surface area contributed by atoms with Crippen LogP contribution in [0.3, 0.4) is 0 Å². The molecule has 3 rings (SSSR count). The molecule has 0 saturated heterocycles. The monoisotopic (exact) mass is 320 g/mol. The molecule has 1 aliphatic carbocycles. The largest absolute Gasteiger partial charge is 0.380 e. The van der Waals surface area contributed by atoms with E-state index in [1.165, 1.54) is 12.2 Å². The molecule has 1 unspecified atom stereocenters. The second-order valence-electron chi connectivity index (χ2n) is 4.99. The van der Waals surface area contributed by atoms with E-state index in [4.69, 9.17) is 0 Å². The average Bonchev–Trinajstić information content (AvgIpc) is 2.65. The Kier molecular flexibility index (Phi) is 6.11. The van der Waals surface area contributed by atoms with Crippen molar-refractivity contribution < 1.29 is 19.5 Å². The maximum absolute atomic E-state index is 11.9. The number of carbonyl (C=O) groups is 3. The number of rotatable bonds is 3. The normalized spacial score (nSPS) is 13.9. The van der Waals surface area contributed by atoms with Gasteiger partial charge in [-0.1, -0.05) is 72.8 Å². The summed E-state index contributed by atoms with van der Waals surface area (Å²) in [7, 11) is 0. The highest BCUT2D eigenvalue weighted by molar-refractivity contribution is 6.46. The molecular formula is C20H16O4. The molecule has 4 heteroatoms. The highest BCUT2D eigenvalue weighted by atomic mass is 16.3. The predicted octanol–water partition coefficient (Wildman–Crippen LogP) is 2.85. The number of hydrogen-bond donors (Lipinski definition) is 1. The fourth-order valence-corrected chi connectivity index (χ4v) is 2.00. The van der Waals surface area contributed by atoms with Gasteiger partial charge in [0.2, 0.25) is 11.6 Å². The lowest BCUT2D eigenvalue weighted by atomic mass is 10.0. The molecule has 2 aromatic carbocycles. The SMILES string of the molecule is O=C(c1ccccc1)C(O)c1ccccc1.O=C1C=CC=CC1=O. The highest BCUT2D eigenvalue weighted by Gasteiger charge is 2.18. The standard InChI is InChI=1S/C14H12O2.C6H4O2/c15-13(11-7-3-1-4-8-11)14(16)12-9-5-2-6-10-12;7-5-3-1-2-4-6(5)8/h1-10,13,15H;1-4H. The Morgan fingerprint density at radius 2 is 1.21 bits per heavy atom. The number of Topliss-reactive ketones (excluding diaryl/α,β-unsaturated/α-hetero) is 1. The maximum Gasteiger partial charge on any atom is 0.225 e. The Balaban J connectivity index is 0.000000219. The molecule has 2 aromatic rings. The summed E-state index contributed by atoms with van der Waals surface area (Å²) < 4.78 is 0. The van der Waals surface area contributed by atoms with E-state index in [2.05, 4.69) is 0 Å². The van der Waals surface area contributed by atoms with Gasteiger partial charge in [-0.2, -0.15) is 0 Å². The van der Waals surface area contributed by atoms with Crippen molar-refractivity contribution in [1.29, 1.82) is 0 Å². The smallest absolute Gasteiger partial charge is 0.225 e. The fourth-order valence-electron chi connectivity index (χ4n) is 2.00. The van der Waals surface area contributed by atoms with Crippen molar-refractivity contribution in [1.82, 2.24) is 0 Å². The van der Waals surface area contributed by atoms with Crippen LogP contribution in [0.1, 0.15) is 22.0 Å². The summed E-state index contributed by atoms with van der Waals surface area (Å²) in [5.41, 5.74) is 1.15. The van der Waals surface area contributed by atoms with Gasteiger partial charge in [-0.3, -0.25) is 14.4 Å². The molecule has 0 amide bonds. The Morgan fingerprint density at radius 3 is 1.67 bits per heavy atom. The van der Waals surface area contributed by atoms with Crippen LogP contribution < -0.4 is 0 Å². The van der Waals surface area contributed by atoms with E-state index in [0.29, 0.717) is 11.1 Å². The molecule has 0 radical (unpaired) electrons. The number of hydrogen-bond acceptors (Lipinski definition) is 4. The lowest BCUT2D eigenvalue weighted by Gasteiger charge is -2.09. The zero-order valence-corrected chi connectivity index (χ0v) is 12.8. The van der Waals surface area contributed by atoms with Crippen molar-refractivity contribution in [3.8, 4) is 0 Å². The maximum atomic E-state index is 11.9. The van der Waals surface area contributed by atoms with E-state index in [9.17, 15) is 19.5 Å². The number of benzene rings is 2. The number of aliphatic hydroxyl groups is 1. The third kappa shape index (κ3) is 4.69. The van der Waals surface area contributed by atoms with E-state index in [1.807, 2.05) is 12.1 Å². The Hall–Kier alpha value is -3.11. The van der Waals surface area contributed by atoms with Gasteiger partial charge in [-0.15, -0.1) is 0 Å². The van der Waals surface area contributed by atoms with E-state index in [1.54, 1.807) is 60.7 Å². The second kappa shape index (κ2) is 8.50. The van der Waals surface area contributed by atoms with Gasteiger partial charge >= 0.3 is 0 Å². The number of carbonyl (C=O) groups excluding carboxylic acids is 3. The minimum Gasteiger partial charge on any atom is -0.380 e. The van der Waals surface area contributed by atoms with Crippen LogP contribution in [-0.4, -0.2) is 22.5 Å². The molecule has 0 aliphatic heterocycles. The van der Waals surface area contributed by atoms with E-state index in [0.717, 1.165) is 0 Å². The summed E-state index contributed by atoms with van der Waals surface area (Å²) in [5, 5.41) is 9.89. The van der Waals surface area contributed by atoms with Crippen LogP contribution in [0.25, 0.3) is 0 Å². The molecular weight excluding hydrogens is 304 g/mol. The zero-order chi connectivity index (χ0) is 17.4. The van der Waals surface area contributed by atoms with Crippen LogP contribution in [0.4, 0.5) is 0 Å². The molecule has 120 valence electrons. The lowest BCUT2D eigenvalue weighted by Crippen LogP contribution is -2.11. The molecule has 24 heavy (non-hydrogen) atoms. The van der Waals surface area contributed by atoms with Crippen molar-refractivity contribution >= 4 is 17.3 Å². The van der Waals surface area contributed by atoms with Crippen LogP contribution in [0.5, 0.6) is 0 Å². The van der Waals surface area contributed by atoms with Gasteiger partial charge in [0.25, 0.3) is 0 Å². The van der Waals surface area contributed by atoms with Crippen molar-refractivity contribution in [2.75, 3.05) is 0 Å². The summed E-state index contributed by atoms with van der Waals surface area (Å²) >= 11 is 0. The summed E-state index contributed by atoms with van der Waals surface area (Å²) in [4.78, 5) is 32.5. The third-order valence-electron chi connectivity index (χ3n) is 3.27. The summed E-state index contributed by atoms with van der Waals surface area (Å²) in [6, 6.07) is 17.7. The Bertz CT molecular complexity index is 752. The van der Waals surface area contributed by atoms with Crippen molar-refractivity contribution in [2.45, 2.75) is 6.10 Å². The summed E-state index contributed by atoms with van der Waals surface area (Å²) in [6.45, 7) is 0. The molecule has 0 bridgehead atoms. The fraction of sp³-hybridized carbons (Fsp3) is 0.0500. The minimum absolute atomic E-state index is 0.271. The molecule has 1 N–H and O–H groups in total. The first kappa shape index (κ1) is 17.2. The van der Waals surface area contributed by atoms with Crippen molar-refractivity contribution in [3.05, 3.63) is 96.1 Å². The predicted molar refractivity (Wildman–Crippen MR) is 90.5 cm³/mol. The first-order valence-electron chi connectivity index (χ1n) is 7.35. The van der Waals surface area contributed by atoms with E-state index >= 15 is 0 Å². The van der Waals surface area contributed by atoms with E-state index < -0.39 is 17.7 Å². The van der Waals surface area contributed by atoms with E-state index in [-0.39, 0.29) is 5.78 Å². The first-order chi connectivity index (χ1) is 11.6. The van der Waals surface area contributed by atoms with Crippen LogP contribution in [0.2, 0.25) is 0 Å². The second-order valence-corrected chi connectivity index (χ2v) is 4.99. The van der Waals surface area contributed by atoms with Crippen LogP contribution in [0, 0.1) is 0 Å². The third-order valence-corrected chi connectivity index (χ3v) is 3.27. The molecule has 4 nitrogen and oxygen atoms in total. The molecule has 1 atom stereocenters. The van der Waals surface area contributed by atoms with Crippen LogP contribution >= 0.6 is 0 Å². The quantitative estimate of drug-likeness (QED) is 0.536. The topological polar surface area (TPSA) is 71.4 Å². The molecule has 0 aromatic heterocycles.